The highest BCUT2D eigenvalue weighted by atomic mass is 16.2. The third kappa shape index (κ3) is 5.48. The largest absolute Gasteiger partial charge is 0.378 e. The lowest BCUT2D eigenvalue weighted by Crippen LogP contribution is -2.38. The van der Waals surface area contributed by atoms with E-state index in [4.69, 9.17) is 0 Å². The fourth-order valence-corrected chi connectivity index (χ4v) is 2.62. The predicted octanol–water partition coefficient (Wildman–Crippen LogP) is 2.12. The van der Waals surface area contributed by atoms with Crippen molar-refractivity contribution in [3.63, 3.8) is 0 Å². The Morgan fingerprint density at radius 2 is 1.91 bits per heavy atom. The molecule has 1 aromatic rings. The van der Waals surface area contributed by atoms with Crippen LogP contribution < -0.4 is 15.6 Å². The van der Waals surface area contributed by atoms with Gasteiger partial charge >= 0.3 is 0 Å². The molecule has 0 saturated heterocycles. The Bertz CT molecular complexity index is 490. The second-order valence-electron chi connectivity index (χ2n) is 5.99. The molecule has 1 amide bonds. The number of anilines is 1. The highest BCUT2D eigenvalue weighted by Gasteiger charge is 2.13. The van der Waals surface area contributed by atoms with Gasteiger partial charge in [-0.3, -0.25) is 4.79 Å². The maximum absolute atomic E-state index is 11.7. The lowest BCUT2D eigenvalue weighted by molar-refractivity contribution is -0.120. The highest BCUT2D eigenvalue weighted by Crippen LogP contribution is 2.16. The molecule has 5 heteroatoms. The Labute approximate surface area is 132 Å². The van der Waals surface area contributed by atoms with Crippen LogP contribution in [0.15, 0.2) is 29.4 Å². The van der Waals surface area contributed by atoms with Crippen LogP contribution in [0.2, 0.25) is 0 Å². The summed E-state index contributed by atoms with van der Waals surface area (Å²) in [4.78, 5) is 13.8. The summed E-state index contributed by atoms with van der Waals surface area (Å²) in [5, 5.41) is 7.30. The molecule has 0 aliphatic heterocycles. The number of rotatable bonds is 6. The lowest BCUT2D eigenvalue weighted by atomic mass is 9.95. The van der Waals surface area contributed by atoms with Crippen LogP contribution in [0.25, 0.3) is 0 Å². The van der Waals surface area contributed by atoms with Crippen LogP contribution in [-0.2, 0) is 4.79 Å². The predicted molar refractivity (Wildman–Crippen MR) is 91.4 cm³/mol. The second kappa shape index (κ2) is 8.54. The molecule has 5 nitrogen and oxygen atoms in total. The summed E-state index contributed by atoms with van der Waals surface area (Å²) in [7, 11) is 4.01. The molecule has 0 spiro atoms. The van der Waals surface area contributed by atoms with Crippen molar-refractivity contribution >= 4 is 17.8 Å². The summed E-state index contributed by atoms with van der Waals surface area (Å²) in [5.74, 6) is -0.0910. The Morgan fingerprint density at radius 3 is 2.55 bits per heavy atom. The molecule has 1 aromatic carbocycles. The van der Waals surface area contributed by atoms with E-state index >= 15 is 0 Å². The van der Waals surface area contributed by atoms with Crippen LogP contribution >= 0.6 is 0 Å². The van der Waals surface area contributed by atoms with Crippen molar-refractivity contribution in [3.05, 3.63) is 29.8 Å². The summed E-state index contributed by atoms with van der Waals surface area (Å²) in [5.41, 5.74) is 4.67. The van der Waals surface area contributed by atoms with Crippen molar-refractivity contribution in [1.82, 2.24) is 10.7 Å². The van der Waals surface area contributed by atoms with E-state index < -0.39 is 0 Å². The van der Waals surface area contributed by atoms with Crippen molar-refractivity contribution in [1.29, 1.82) is 0 Å². The average molecular weight is 302 g/mol. The number of nitrogens with zero attached hydrogens (tertiary/aromatic N) is 2. The fraction of sp³-hybridized carbons (Fsp3) is 0.529. The molecule has 0 bridgehead atoms. The summed E-state index contributed by atoms with van der Waals surface area (Å²) in [6.07, 6.45) is 7.86. The van der Waals surface area contributed by atoms with Gasteiger partial charge < -0.3 is 10.2 Å². The third-order valence-corrected chi connectivity index (χ3v) is 3.97. The van der Waals surface area contributed by atoms with Crippen LogP contribution in [0.3, 0.4) is 0 Å². The topological polar surface area (TPSA) is 56.7 Å². The molecule has 22 heavy (non-hydrogen) atoms. The number of carbonyl (C=O) groups excluding carboxylic acids is 1. The molecule has 1 aliphatic carbocycles. The lowest BCUT2D eigenvalue weighted by Gasteiger charge is -2.22. The first-order valence-electron chi connectivity index (χ1n) is 7.98. The van der Waals surface area contributed by atoms with Crippen molar-refractivity contribution < 1.29 is 4.79 Å². The van der Waals surface area contributed by atoms with E-state index in [9.17, 15) is 4.79 Å². The zero-order valence-corrected chi connectivity index (χ0v) is 13.5. The highest BCUT2D eigenvalue weighted by molar-refractivity contribution is 5.83. The van der Waals surface area contributed by atoms with Gasteiger partial charge in [0.05, 0.1) is 12.8 Å². The average Bonchev–Trinajstić information content (AvgIpc) is 2.54. The van der Waals surface area contributed by atoms with Crippen LogP contribution in [-0.4, -0.2) is 38.8 Å². The second-order valence-corrected chi connectivity index (χ2v) is 5.99. The maximum atomic E-state index is 11.7. The summed E-state index contributed by atoms with van der Waals surface area (Å²) in [6.45, 7) is 0.335. The van der Waals surface area contributed by atoms with Crippen LogP contribution in [0.5, 0.6) is 0 Å². The molecule has 0 radical (unpaired) electrons. The Balaban J connectivity index is 1.70. The first kappa shape index (κ1) is 16.5. The first-order valence-corrected chi connectivity index (χ1v) is 7.98. The van der Waals surface area contributed by atoms with Gasteiger partial charge in [0.1, 0.15) is 0 Å². The molecule has 2 N–H and O–H groups in total. The zero-order chi connectivity index (χ0) is 15.8. The zero-order valence-electron chi connectivity index (χ0n) is 13.5. The van der Waals surface area contributed by atoms with Crippen molar-refractivity contribution in [2.24, 2.45) is 5.10 Å². The summed E-state index contributed by atoms with van der Waals surface area (Å²) in [6, 6.07) is 8.49. The van der Waals surface area contributed by atoms with Crippen LogP contribution in [0, 0.1) is 0 Å². The van der Waals surface area contributed by atoms with Gasteiger partial charge in [-0.2, -0.15) is 5.10 Å². The smallest absolute Gasteiger partial charge is 0.254 e. The van der Waals surface area contributed by atoms with Gasteiger partial charge in [-0.1, -0.05) is 31.4 Å². The molecule has 120 valence electrons. The number of carbonyl (C=O) groups is 1. The maximum Gasteiger partial charge on any atom is 0.254 e. The minimum Gasteiger partial charge on any atom is -0.378 e. The molecule has 1 saturated carbocycles. The number of hydrazone groups is 1. The third-order valence-electron chi connectivity index (χ3n) is 3.97. The van der Waals surface area contributed by atoms with Crippen molar-refractivity contribution in [3.8, 4) is 0 Å². The van der Waals surface area contributed by atoms with Crippen molar-refractivity contribution in [2.75, 3.05) is 25.5 Å². The minimum absolute atomic E-state index is 0.0910. The van der Waals surface area contributed by atoms with E-state index in [1.54, 1.807) is 6.21 Å². The van der Waals surface area contributed by atoms with E-state index in [2.05, 4.69) is 15.8 Å². The van der Waals surface area contributed by atoms with Gasteiger partial charge in [0.2, 0.25) is 0 Å². The number of hydrogen-bond donors (Lipinski definition) is 2. The molecular formula is C17H26N4O. The van der Waals surface area contributed by atoms with Crippen LogP contribution in [0.1, 0.15) is 37.7 Å². The fourth-order valence-electron chi connectivity index (χ4n) is 2.62. The number of amides is 1. The van der Waals surface area contributed by atoms with E-state index in [0.29, 0.717) is 12.6 Å². The van der Waals surface area contributed by atoms with Crippen molar-refractivity contribution in [2.45, 2.75) is 38.1 Å². The molecule has 1 aliphatic rings. The van der Waals surface area contributed by atoms with E-state index in [0.717, 1.165) is 11.3 Å². The first-order chi connectivity index (χ1) is 10.6. The molecule has 1 fully saturated rings. The Kier molecular flexibility index (Phi) is 6.40. The molecule has 2 rings (SSSR count). The molecular weight excluding hydrogens is 276 g/mol. The standard InChI is InChI=1S/C17H26N4O/c1-21(2)16-10-8-14(9-11-16)12-19-20-17(22)13-18-15-6-4-3-5-7-15/h8-12,15,18H,3-7,13H2,1-2H3,(H,20,22). The quantitative estimate of drug-likeness (QED) is 0.625. The van der Waals surface area contributed by atoms with E-state index in [1.165, 1.54) is 32.1 Å². The van der Waals surface area contributed by atoms with Gasteiger partial charge in [0, 0.05) is 25.8 Å². The number of benzene rings is 1. The van der Waals surface area contributed by atoms with E-state index in [-0.39, 0.29) is 5.91 Å². The summed E-state index contributed by atoms with van der Waals surface area (Å²) < 4.78 is 0. The van der Waals surface area contributed by atoms with Gasteiger partial charge in [0.25, 0.3) is 5.91 Å². The molecule has 0 heterocycles. The number of hydrogen-bond acceptors (Lipinski definition) is 4. The van der Waals surface area contributed by atoms with Gasteiger partial charge in [-0.15, -0.1) is 0 Å². The SMILES string of the molecule is CN(C)c1ccc(C=NNC(=O)CNC2CCCCC2)cc1. The summed E-state index contributed by atoms with van der Waals surface area (Å²) >= 11 is 0. The minimum atomic E-state index is -0.0910. The Morgan fingerprint density at radius 1 is 1.23 bits per heavy atom. The van der Waals surface area contributed by atoms with Gasteiger partial charge in [-0.05, 0) is 30.5 Å². The Hall–Kier alpha value is -1.88. The molecule has 0 atom stereocenters. The monoisotopic (exact) mass is 302 g/mol. The molecule has 0 aromatic heterocycles. The van der Waals surface area contributed by atoms with Gasteiger partial charge in [-0.25, -0.2) is 5.43 Å². The molecule has 0 unspecified atom stereocenters. The van der Waals surface area contributed by atoms with E-state index in [1.807, 2.05) is 43.3 Å². The van der Waals surface area contributed by atoms with Gasteiger partial charge in [0.15, 0.2) is 0 Å². The number of nitrogens with one attached hydrogen (secondary N) is 2. The van der Waals surface area contributed by atoms with Crippen LogP contribution in [0.4, 0.5) is 5.69 Å². The normalized spacial score (nSPS) is 15.9.